The highest BCUT2D eigenvalue weighted by molar-refractivity contribution is 8.01. The van der Waals surface area contributed by atoms with Crippen LogP contribution in [0.25, 0.3) is 0 Å². The van der Waals surface area contributed by atoms with Crippen LogP contribution in [-0.2, 0) is 4.79 Å². The van der Waals surface area contributed by atoms with E-state index >= 15 is 0 Å². The first-order chi connectivity index (χ1) is 8.92. The summed E-state index contributed by atoms with van der Waals surface area (Å²) in [5.41, 5.74) is 0. The maximum Gasteiger partial charge on any atom is 0.405 e. The highest BCUT2D eigenvalue weighted by Crippen LogP contribution is 2.30. The number of hydrogen-bond acceptors (Lipinski definition) is 6. The molecular formula is C9H11F3N4OS2. The van der Waals surface area contributed by atoms with E-state index < -0.39 is 18.6 Å². The van der Waals surface area contributed by atoms with Gasteiger partial charge < -0.3 is 10.6 Å². The Morgan fingerprint density at radius 3 is 2.79 bits per heavy atom. The molecule has 0 saturated heterocycles. The Bertz CT molecular complexity index is 447. The lowest BCUT2D eigenvalue weighted by molar-refractivity contribution is -0.136. The summed E-state index contributed by atoms with van der Waals surface area (Å²) in [5, 5.41) is 13.4. The standard InChI is InChI=1S/C9H11F3N4OS2/c10-9(11,12)4-13-6(17)3-18-8-16-15-7(19-8)14-5-1-2-5/h5H,1-4H2,(H,13,17)(H,14,15). The lowest BCUT2D eigenvalue weighted by Crippen LogP contribution is -2.34. The number of carbonyl (C=O) groups is 1. The molecule has 1 aliphatic carbocycles. The van der Waals surface area contributed by atoms with Crippen molar-refractivity contribution in [1.29, 1.82) is 0 Å². The normalized spacial score (nSPS) is 15.3. The SMILES string of the molecule is O=C(CSc1nnc(NC2CC2)s1)NCC(F)(F)F. The summed E-state index contributed by atoms with van der Waals surface area (Å²) in [6.45, 7) is -1.31. The molecule has 0 radical (unpaired) electrons. The highest BCUT2D eigenvalue weighted by atomic mass is 32.2. The van der Waals surface area contributed by atoms with Gasteiger partial charge in [0.2, 0.25) is 11.0 Å². The van der Waals surface area contributed by atoms with Crippen molar-refractivity contribution < 1.29 is 18.0 Å². The molecule has 0 bridgehead atoms. The summed E-state index contributed by atoms with van der Waals surface area (Å²) in [6.07, 6.45) is -2.16. The van der Waals surface area contributed by atoms with Gasteiger partial charge >= 0.3 is 6.18 Å². The third-order valence-corrected chi connectivity index (χ3v) is 4.11. The quantitative estimate of drug-likeness (QED) is 0.785. The topological polar surface area (TPSA) is 66.9 Å². The summed E-state index contributed by atoms with van der Waals surface area (Å²) in [4.78, 5) is 11.2. The van der Waals surface area contributed by atoms with Crippen LogP contribution in [0.4, 0.5) is 18.3 Å². The Morgan fingerprint density at radius 2 is 2.16 bits per heavy atom. The average molecular weight is 312 g/mol. The third kappa shape index (κ3) is 5.64. The Kier molecular flexibility index (Phi) is 4.50. The van der Waals surface area contributed by atoms with Crippen LogP contribution in [-0.4, -0.2) is 40.6 Å². The Labute approximate surface area is 115 Å². The maximum atomic E-state index is 11.9. The summed E-state index contributed by atoms with van der Waals surface area (Å²) < 4.78 is 36.1. The molecule has 106 valence electrons. The van der Waals surface area contributed by atoms with Gasteiger partial charge in [0, 0.05) is 6.04 Å². The first-order valence-corrected chi connectivity index (χ1v) is 7.29. The van der Waals surface area contributed by atoms with Gasteiger partial charge in [0.15, 0.2) is 4.34 Å². The van der Waals surface area contributed by atoms with E-state index in [1.165, 1.54) is 11.3 Å². The van der Waals surface area contributed by atoms with Gasteiger partial charge in [0.25, 0.3) is 0 Å². The van der Waals surface area contributed by atoms with Gasteiger partial charge in [-0.3, -0.25) is 4.79 Å². The molecule has 0 spiro atoms. The van der Waals surface area contributed by atoms with Crippen molar-refractivity contribution in [3.05, 3.63) is 0 Å². The molecule has 1 aliphatic rings. The molecule has 1 saturated carbocycles. The summed E-state index contributed by atoms with van der Waals surface area (Å²) in [7, 11) is 0. The van der Waals surface area contributed by atoms with Crippen molar-refractivity contribution in [1.82, 2.24) is 15.5 Å². The van der Waals surface area contributed by atoms with E-state index in [4.69, 9.17) is 0 Å². The van der Waals surface area contributed by atoms with E-state index in [1.807, 2.05) is 0 Å². The molecule has 1 aromatic rings. The van der Waals surface area contributed by atoms with Crippen LogP contribution in [0, 0.1) is 0 Å². The fourth-order valence-corrected chi connectivity index (χ4v) is 2.76. The lowest BCUT2D eigenvalue weighted by Gasteiger charge is -2.07. The van der Waals surface area contributed by atoms with Crippen LogP contribution in [0.3, 0.4) is 0 Å². The van der Waals surface area contributed by atoms with Crippen LogP contribution in [0.2, 0.25) is 0 Å². The minimum atomic E-state index is -4.38. The van der Waals surface area contributed by atoms with Gasteiger partial charge in [0.1, 0.15) is 6.54 Å². The van der Waals surface area contributed by atoms with Crippen LogP contribution < -0.4 is 10.6 Å². The van der Waals surface area contributed by atoms with Gasteiger partial charge in [-0.25, -0.2) is 0 Å². The average Bonchev–Trinajstić information content (AvgIpc) is 3.01. The predicted molar refractivity (Wildman–Crippen MR) is 66.3 cm³/mol. The smallest absolute Gasteiger partial charge is 0.357 e. The van der Waals surface area contributed by atoms with Crippen molar-refractivity contribution in [2.24, 2.45) is 0 Å². The molecule has 19 heavy (non-hydrogen) atoms. The number of hydrogen-bond donors (Lipinski definition) is 2. The van der Waals surface area contributed by atoms with Crippen molar-refractivity contribution in [2.75, 3.05) is 17.6 Å². The Balaban J connectivity index is 1.69. The van der Waals surface area contributed by atoms with Gasteiger partial charge in [-0.2, -0.15) is 13.2 Å². The minimum Gasteiger partial charge on any atom is -0.357 e. The molecule has 0 atom stereocenters. The second-order valence-electron chi connectivity index (χ2n) is 3.97. The molecular weight excluding hydrogens is 301 g/mol. The molecule has 2 N–H and O–H groups in total. The van der Waals surface area contributed by atoms with E-state index in [9.17, 15) is 18.0 Å². The number of thioether (sulfide) groups is 1. The first-order valence-electron chi connectivity index (χ1n) is 5.49. The van der Waals surface area contributed by atoms with Crippen molar-refractivity contribution in [3.63, 3.8) is 0 Å². The van der Waals surface area contributed by atoms with E-state index in [0.29, 0.717) is 15.5 Å². The molecule has 0 aromatic carbocycles. The number of aromatic nitrogens is 2. The number of nitrogens with zero attached hydrogens (tertiary/aromatic N) is 2. The molecule has 5 nitrogen and oxygen atoms in total. The van der Waals surface area contributed by atoms with Crippen molar-refractivity contribution >= 4 is 34.1 Å². The zero-order chi connectivity index (χ0) is 13.9. The molecule has 1 fully saturated rings. The first kappa shape index (κ1) is 14.4. The molecule has 2 rings (SSSR count). The van der Waals surface area contributed by atoms with Crippen molar-refractivity contribution in [3.8, 4) is 0 Å². The maximum absolute atomic E-state index is 11.9. The number of anilines is 1. The number of rotatable bonds is 6. The number of alkyl halides is 3. The number of halogens is 3. The van der Waals surface area contributed by atoms with Crippen LogP contribution in [0.15, 0.2) is 4.34 Å². The molecule has 0 aliphatic heterocycles. The Morgan fingerprint density at radius 1 is 1.42 bits per heavy atom. The fourth-order valence-electron chi connectivity index (χ4n) is 1.11. The molecule has 1 amide bonds. The second kappa shape index (κ2) is 5.95. The van der Waals surface area contributed by atoms with Crippen molar-refractivity contribution in [2.45, 2.75) is 29.4 Å². The van der Waals surface area contributed by atoms with Crippen LogP contribution in [0.1, 0.15) is 12.8 Å². The summed E-state index contributed by atoms with van der Waals surface area (Å²) in [6, 6.07) is 0.459. The third-order valence-electron chi connectivity index (χ3n) is 2.12. The number of carbonyl (C=O) groups excluding carboxylic acids is 1. The Hall–Kier alpha value is -1.03. The van der Waals surface area contributed by atoms with Gasteiger partial charge in [-0.15, -0.1) is 10.2 Å². The highest BCUT2D eigenvalue weighted by Gasteiger charge is 2.27. The van der Waals surface area contributed by atoms with Gasteiger partial charge in [-0.05, 0) is 12.8 Å². The van der Waals surface area contributed by atoms with Crippen LogP contribution in [0.5, 0.6) is 0 Å². The van der Waals surface area contributed by atoms with Gasteiger partial charge in [0.05, 0.1) is 5.75 Å². The molecule has 1 heterocycles. The van der Waals surface area contributed by atoms with Crippen LogP contribution >= 0.6 is 23.1 Å². The van der Waals surface area contributed by atoms with E-state index in [1.54, 1.807) is 5.32 Å². The molecule has 10 heteroatoms. The molecule has 0 unspecified atom stereocenters. The zero-order valence-electron chi connectivity index (χ0n) is 9.66. The number of nitrogens with one attached hydrogen (secondary N) is 2. The molecule has 1 aromatic heterocycles. The monoisotopic (exact) mass is 312 g/mol. The minimum absolute atomic E-state index is 0.103. The predicted octanol–water partition coefficient (Wildman–Crippen LogP) is 1.88. The van der Waals surface area contributed by atoms with E-state index in [0.717, 1.165) is 24.6 Å². The zero-order valence-corrected chi connectivity index (χ0v) is 11.3. The second-order valence-corrected chi connectivity index (χ2v) is 6.17. The largest absolute Gasteiger partial charge is 0.405 e. The summed E-state index contributed by atoms with van der Waals surface area (Å²) in [5.74, 6) is -0.775. The lowest BCUT2D eigenvalue weighted by atomic mass is 10.6. The summed E-state index contributed by atoms with van der Waals surface area (Å²) >= 11 is 2.37. The van der Waals surface area contributed by atoms with E-state index in [2.05, 4.69) is 15.5 Å². The van der Waals surface area contributed by atoms with Gasteiger partial charge in [-0.1, -0.05) is 23.1 Å². The number of amides is 1. The van der Waals surface area contributed by atoms with E-state index in [-0.39, 0.29) is 5.75 Å². The fraction of sp³-hybridized carbons (Fsp3) is 0.667.